The van der Waals surface area contributed by atoms with Gasteiger partial charge in [-0.1, -0.05) is 56.5 Å². The monoisotopic (exact) mass is 261 g/mol. The van der Waals surface area contributed by atoms with E-state index in [-0.39, 0.29) is 5.97 Å². The first kappa shape index (κ1) is 15.7. The third-order valence-corrected chi connectivity index (χ3v) is 3.10. The van der Waals surface area contributed by atoms with E-state index in [1.54, 1.807) is 0 Å². The minimum absolute atomic E-state index is 0.0521. The first-order valence-electron chi connectivity index (χ1n) is 7.31. The highest BCUT2D eigenvalue weighted by atomic mass is 16.5. The Morgan fingerprint density at radius 3 is 2.53 bits per heavy atom. The molecule has 0 aromatic heterocycles. The van der Waals surface area contributed by atoms with E-state index in [0.717, 1.165) is 44.9 Å². The van der Waals surface area contributed by atoms with Crippen LogP contribution in [0.15, 0.2) is 30.3 Å². The van der Waals surface area contributed by atoms with Crippen molar-refractivity contribution in [3.8, 4) is 0 Å². The zero-order chi connectivity index (χ0) is 13.8. The Morgan fingerprint density at radius 2 is 1.79 bits per heavy atom. The highest BCUT2D eigenvalue weighted by Crippen LogP contribution is 2.06. The molecule has 19 heavy (non-hydrogen) atoms. The molecule has 0 spiro atoms. The molecule has 0 N–H and O–H groups in total. The molecular weight excluding hydrogens is 236 g/mol. The van der Waals surface area contributed by atoms with Crippen molar-refractivity contribution in [1.82, 2.24) is 0 Å². The van der Waals surface area contributed by atoms with Gasteiger partial charge < -0.3 is 4.74 Å². The Labute approximate surface area is 117 Å². The molecule has 1 aromatic carbocycles. The van der Waals surface area contributed by atoms with Gasteiger partial charge in [-0.05, 0) is 31.2 Å². The van der Waals surface area contributed by atoms with Crippen LogP contribution in [0.25, 0.3) is 0 Å². The Morgan fingerprint density at radius 1 is 1.00 bits per heavy atom. The largest absolute Gasteiger partial charge is 0.466 e. The van der Waals surface area contributed by atoms with Gasteiger partial charge in [-0.25, -0.2) is 0 Å². The van der Waals surface area contributed by atoms with Crippen molar-refractivity contribution in [2.24, 2.45) is 0 Å². The molecule has 0 aliphatic heterocycles. The summed E-state index contributed by atoms with van der Waals surface area (Å²) in [6.07, 6.45) is 7.68. The molecular formula is C17H25O2. The van der Waals surface area contributed by atoms with Crippen molar-refractivity contribution in [2.45, 2.75) is 51.4 Å². The van der Waals surface area contributed by atoms with Crippen LogP contribution in [0, 0.1) is 6.92 Å². The molecule has 0 unspecified atom stereocenters. The Kier molecular flexibility index (Phi) is 8.78. The number of carbonyl (C=O) groups excluding carboxylic acids is 1. The number of ether oxygens (including phenoxy) is 1. The molecule has 0 saturated heterocycles. The summed E-state index contributed by atoms with van der Waals surface area (Å²) >= 11 is 0. The van der Waals surface area contributed by atoms with Gasteiger partial charge in [0.2, 0.25) is 0 Å². The third-order valence-electron chi connectivity index (χ3n) is 3.10. The first-order valence-corrected chi connectivity index (χ1v) is 7.31. The molecule has 1 aromatic rings. The maximum Gasteiger partial charge on any atom is 0.305 e. The van der Waals surface area contributed by atoms with Crippen LogP contribution in [0.5, 0.6) is 0 Å². The van der Waals surface area contributed by atoms with Crippen molar-refractivity contribution in [2.75, 3.05) is 6.61 Å². The molecule has 0 fully saturated rings. The number of hydrogen-bond acceptors (Lipinski definition) is 2. The number of rotatable bonds is 10. The van der Waals surface area contributed by atoms with Gasteiger partial charge >= 0.3 is 5.97 Å². The molecule has 0 heterocycles. The maximum atomic E-state index is 11.4. The second kappa shape index (κ2) is 10.6. The number of carbonyl (C=O) groups is 1. The third kappa shape index (κ3) is 8.41. The maximum absolute atomic E-state index is 11.4. The lowest BCUT2D eigenvalue weighted by Gasteiger charge is -2.05. The Balaban J connectivity index is 1.94. The number of hydrogen-bond donors (Lipinski definition) is 0. The van der Waals surface area contributed by atoms with Crippen molar-refractivity contribution < 1.29 is 9.53 Å². The second-order valence-corrected chi connectivity index (χ2v) is 4.83. The van der Waals surface area contributed by atoms with Crippen molar-refractivity contribution >= 4 is 5.97 Å². The summed E-state index contributed by atoms with van der Waals surface area (Å²) in [4.78, 5) is 11.4. The van der Waals surface area contributed by atoms with Crippen LogP contribution in [0.4, 0.5) is 0 Å². The first-order chi connectivity index (χ1) is 9.33. The highest BCUT2D eigenvalue weighted by Gasteiger charge is 2.02. The van der Waals surface area contributed by atoms with Gasteiger partial charge in [-0.3, -0.25) is 4.79 Å². The van der Waals surface area contributed by atoms with Gasteiger partial charge in [0.15, 0.2) is 0 Å². The van der Waals surface area contributed by atoms with E-state index in [1.165, 1.54) is 5.56 Å². The van der Waals surface area contributed by atoms with Gasteiger partial charge in [0.05, 0.1) is 6.61 Å². The number of unbranched alkanes of at least 4 members (excludes halogenated alkanes) is 4. The van der Waals surface area contributed by atoms with Crippen molar-refractivity contribution in [3.63, 3.8) is 0 Å². The quantitative estimate of drug-likeness (QED) is 0.462. The number of benzene rings is 1. The summed E-state index contributed by atoms with van der Waals surface area (Å²) in [5.41, 5.74) is 1.35. The van der Waals surface area contributed by atoms with Gasteiger partial charge in [-0.2, -0.15) is 0 Å². The molecule has 1 rings (SSSR count). The molecule has 2 nitrogen and oxygen atoms in total. The fourth-order valence-corrected chi connectivity index (χ4v) is 1.96. The lowest BCUT2D eigenvalue weighted by molar-refractivity contribution is -0.143. The highest BCUT2D eigenvalue weighted by molar-refractivity contribution is 5.69. The molecule has 0 aliphatic carbocycles. The molecule has 105 valence electrons. The molecule has 1 radical (unpaired) electrons. The number of esters is 1. The van der Waals surface area contributed by atoms with Gasteiger partial charge in [-0.15, -0.1) is 0 Å². The molecule has 0 bridgehead atoms. The summed E-state index contributed by atoms with van der Waals surface area (Å²) < 4.78 is 5.21. The van der Waals surface area contributed by atoms with Gasteiger partial charge in [0.1, 0.15) is 0 Å². The summed E-state index contributed by atoms with van der Waals surface area (Å²) in [5.74, 6) is -0.0521. The van der Waals surface area contributed by atoms with E-state index in [2.05, 4.69) is 31.2 Å². The van der Waals surface area contributed by atoms with Crippen LogP contribution in [0.1, 0.15) is 50.5 Å². The van der Waals surface area contributed by atoms with Crippen LogP contribution in [-0.2, 0) is 16.0 Å². The van der Waals surface area contributed by atoms with Gasteiger partial charge in [0.25, 0.3) is 0 Å². The molecule has 0 atom stereocenters. The van der Waals surface area contributed by atoms with E-state index >= 15 is 0 Å². The fraction of sp³-hybridized carbons (Fsp3) is 0.529. The standard InChI is InChI=1S/C17H25O2/c1-2-3-4-8-14-17(18)19-15-10-9-13-16-11-6-5-7-12-16/h5-7,11-12H,1-4,8-10,13-15H2. The zero-order valence-electron chi connectivity index (χ0n) is 11.8. The molecule has 0 saturated carbocycles. The van der Waals surface area contributed by atoms with E-state index in [4.69, 9.17) is 4.74 Å². The van der Waals surface area contributed by atoms with E-state index < -0.39 is 0 Å². The lowest BCUT2D eigenvalue weighted by atomic mass is 10.1. The van der Waals surface area contributed by atoms with Crippen LogP contribution in [0.3, 0.4) is 0 Å². The summed E-state index contributed by atoms with van der Waals surface area (Å²) in [5, 5.41) is 0. The van der Waals surface area contributed by atoms with Crippen LogP contribution in [0.2, 0.25) is 0 Å². The van der Waals surface area contributed by atoms with E-state index in [1.807, 2.05) is 6.07 Å². The Bertz CT molecular complexity index is 332. The lowest BCUT2D eigenvalue weighted by Crippen LogP contribution is -2.05. The zero-order valence-corrected chi connectivity index (χ0v) is 11.8. The van der Waals surface area contributed by atoms with E-state index in [9.17, 15) is 4.79 Å². The minimum Gasteiger partial charge on any atom is -0.466 e. The summed E-state index contributed by atoms with van der Waals surface area (Å²) in [7, 11) is 0. The SMILES string of the molecule is [CH2]CCCCCC(=O)OCCCCc1ccccc1. The van der Waals surface area contributed by atoms with E-state index in [0.29, 0.717) is 13.0 Å². The van der Waals surface area contributed by atoms with Crippen molar-refractivity contribution in [1.29, 1.82) is 0 Å². The summed E-state index contributed by atoms with van der Waals surface area (Å²) in [6, 6.07) is 10.4. The van der Waals surface area contributed by atoms with Crippen LogP contribution < -0.4 is 0 Å². The molecule has 0 aliphatic rings. The minimum atomic E-state index is -0.0521. The fourth-order valence-electron chi connectivity index (χ4n) is 1.96. The normalized spacial score (nSPS) is 10.4. The second-order valence-electron chi connectivity index (χ2n) is 4.83. The summed E-state index contributed by atoms with van der Waals surface area (Å²) in [6.45, 7) is 4.34. The smallest absolute Gasteiger partial charge is 0.305 e. The average molecular weight is 261 g/mol. The predicted octanol–water partition coefficient (Wildman–Crippen LogP) is 4.34. The molecule has 2 heteroatoms. The topological polar surface area (TPSA) is 26.3 Å². The average Bonchev–Trinajstić information content (AvgIpc) is 2.44. The molecule has 0 amide bonds. The van der Waals surface area contributed by atoms with Crippen LogP contribution in [-0.4, -0.2) is 12.6 Å². The van der Waals surface area contributed by atoms with Crippen molar-refractivity contribution in [3.05, 3.63) is 42.8 Å². The Hall–Kier alpha value is -1.31. The number of aryl methyl sites for hydroxylation is 1. The predicted molar refractivity (Wildman–Crippen MR) is 78.8 cm³/mol. The van der Waals surface area contributed by atoms with Crippen LogP contribution >= 0.6 is 0 Å². The van der Waals surface area contributed by atoms with Gasteiger partial charge in [0, 0.05) is 6.42 Å².